The average molecular weight is 361 g/mol. The van der Waals surface area contributed by atoms with Crippen molar-refractivity contribution in [2.45, 2.75) is 39.2 Å². The van der Waals surface area contributed by atoms with Crippen LogP contribution in [-0.4, -0.2) is 61.0 Å². The maximum absolute atomic E-state index is 11.2. The molecular weight excluding hydrogens is 336 g/mol. The van der Waals surface area contributed by atoms with Crippen molar-refractivity contribution in [2.24, 2.45) is 0 Å². The van der Waals surface area contributed by atoms with Gasteiger partial charge in [-0.05, 0) is 26.2 Å². The van der Waals surface area contributed by atoms with E-state index in [0.717, 1.165) is 43.7 Å². The van der Waals surface area contributed by atoms with Gasteiger partial charge in [-0.2, -0.15) is 0 Å². The Hall–Kier alpha value is -0.920. The molecule has 0 amide bonds. The van der Waals surface area contributed by atoms with E-state index in [2.05, 4.69) is 20.2 Å². The zero-order valence-electron chi connectivity index (χ0n) is 14.0. The number of hydrogen-bond donors (Lipinski definition) is 1. The molecule has 0 spiro atoms. The number of halogens is 1. The van der Waals surface area contributed by atoms with E-state index < -0.39 is 9.84 Å². The van der Waals surface area contributed by atoms with E-state index in [-0.39, 0.29) is 5.75 Å². The summed E-state index contributed by atoms with van der Waals surface area (Å²) in [5.74, 6) is 1.73. The van der Waals surface area contributed by atoms with Crippen molar-refractivity contribution in [3.63, 3.8) is 0 Å². The Morgan fingerprint density at radius 1 is 1.30 bits per heavy atom. The second-order valence-electron chi connectivity index (χ2n) is 6.13. The van der Waals surface area contributed by atoms with Gasteiger partial charge in [0.25, 0.3) is 0 Å². The molecule has 1 saturated heterocycles. The van der Waals surface area contributed by atoms with Gasteiger partial charge in [0.15, 0.2) is 0 Å². The fourth-order valence-corrected chi connectivity index (χ4v) is 3.72. The van der Waals surface area contributed by atoms with Crippen molar-refractivity contribution in [2.75, 3.05) is 37.0 Å². The van der Waals surface area contributed by atoms with Gasteiger partial charge in [-0.25, -0.2) is 18.4 Å². The van der Waals surface area contributed by atoms with Gasteiger partial charge in [0, 0.05) is 37.5 Å². The molecular formula is C15H25ClN4O2S. The highest BCUT2D eigenvalue weighted by Crippen LogP contribution is 2.24. The molecule has 0 unspecified atom stereocenters. The normalized spacial score (nSPS) is 17.4. The quantitative estimate of drug-likeness (QED) is 0.781. The number of aryl methyl sites for hydroxylation is 1. The van der Waals surface area contributed by atoms with E-state index in [1.54, 1.807) is 0 Å². The summed E-state index contributed by atoms with van der Waals surface area (Å²) in [5, 5.41) is 4.02. The van der Waals surface area contributed by atoms with E-state index in [0.29, 0.717) is 23.6 Å². The molecule has 1 aromatic rings. The Morgan fingerprint density at radius 2 is 1.96 bits per heavy atom. The van der Waals surface area contributed by atoms with Crippen LogP contribution in [-0.2, 0) is 16.3 Å². The van der Waals surface area contributed by atoms with Gasteiger partial charge in [-0.3, -0.25) is 0 Å². The predicted octanol–water partition coefficient (Wildman–Crippen LogP) is 1.92. The number of nitrogens with one attached hydrogen (secondary N) is 1. The molecule has 0 aromatic carbocycles. The van der Waals surface area contributed by atoms with Crippen LogP contribution in [0.15, 0.2) is 0 Å². The zero-order valence-corrected chi connectivity index (χ0v) is 15.5. The van der Waals surface area contributed by atoms with Crippen molar-refractivity contribution in [1.82, 2.24) is 14.9 Å². The summed E-state index contributed by atoms with van der Waals surface area (Å²) in [5.41, 5.74) is 0.955. The molecule has 1 aliphatic rings. The Kier molecular flexibility index (Phi) is 6.22. The Labute approximate surface area is 143 Å². The first-order valence-corrected chi connectivity index (χ1v) is 10.4. The molecule has 2 heterocycles. The van der Waals surface area contributed by atoms with Gasteiger partial charge in [0.05, 0.1) is 5.75 Å². The van der Waals surface area contributed by atoms with E-state index in [9.17, 15) is 8.42 Å². The van der Waals surface area contributed by atoms with Crippen LogP contribution >= 0.6 is 11.6 Å². The molecule has 1 N–H and O–H groups in total. The van der Waals surface area contributed by atoms with Crippen molar-refractivity contribution in [3.8, 4) is 0 Å². The Balaban J connectivity index is 1.92. The van der Waals surface area contributed by atoms with Gasteiger partial charge in [-0.1, -0.05) is 18.5 Å². The summed E-state index contributed by atoms with van der Waals surface area (Å²) in [6.07, 6.45) is 4.00. The summed E-state index contributed by atoms with van der Waals surface area (Å²) in [6, 6.07) is 0.333. The molecule has 23 heavy (non-hydrogen) atoms. The standard InChI is InChI=1S/C15H25ClN4O2S/c1-4-13-14(16)17-11(2)18-15(13)19-12-5-7-20(8-6-12)9-10-23(3,21)22/h12H,4-10H2,1-3H3,(H,17,18,19). The van der Waals surface area contributed by atoms with Gasteiger partial charge < -0.3 is 10.2 Å². The molecule has 130 valence electrons. The van der Waals surface area contributed by atoms with E-state index in [1.807, 2.05) is 13.8 Å². The van der Waals surface area contributed by atoms with Crippen LogP contribution in [0, 0.1) is 6.92 Å². The molecule has 0 atom stereocenters. The largest absolute Gasteiger partial charge is 0.367 e. The van der Waals surface area contributed by atoms with Crippen molar-refractivity contribution < 1.29 is 8.42 Å². The maximum Gasteiger partial charge on any atom is 0.148 e. The van der Waals surface area contributed by atoms with Crippen LogP contribution in [0.3, 0.4) is 0 Å². The fraction of sp³-hybridized carbons (Fsp3) is 0.733. The predicted molar refractivity (Wildman–Crippen MR) is 94.0 cm³/mol. The smallest absolute Gasteiger partial charge is 0.148 e. The zero-order chi connectivity index (χ0) is 17.0. The second-order valence-corrected chi connectivity index (χ2v) is 8.75. The number of anilines is 1. The molecule has 8 heteroatoms. The number of piperidine rings is 1. The maximum atomic E-state index is 11.2. The number of aromatic nitrogens is 2. The molecule has 0 aliphatic carbocycles. The summed E-state index contributed by atoms with van der Waals surface area (Å²) in [6.45, 7) is 6.28. The van der Waals surface area contributed by atoms with Crippen LogP contribution in [0.2, 0.25) is 5.15 Å². The summed E-state index contributed by atoms with van der Waals surface area (Å²) < 4.78 is 22.5. The molecule has 1 fully saturated rings. The van der Waals surface area contributed by atoms with E-state index >= 15 is 0 Å². The molecule has 0 bridgehead atoms. The fourth-order valence-electron chi connectivity index (χ4n) is 2.78. The van der Waals surface area contributed by atoms with Crippen LogP contribution in [0.25, 0.3) is 0 Å². The lowest BCUT2D eigenvalue weighted by molar-refractivity contribution is 0.230. The SMILES string of the molecule is CCc1c(Cl)nc(C)nc1NC1CCN(CCS(C)(=O)=O)CC1. The first kappa shape index (κ1) is 18.4. The number of hydrogen-bond acceptors (Lipinski definition) is 6. The van der Waals surface area contributed by atoms with Gasteiger partial charge in [0.1, 0.15) is 26.6 Å². The number of likely N-dealkylation sites (tertiary alicyclic amines) is 1. The first-order valence-electron chi connectivity index (χ1n) is 7.98. The van der Waals surface area contributed by atoms with Crippen LogP contribution in [0.1, 0.15) is 31.2 Å². The lowest BCUT2D eigenvalue weighted by Crippen LogP contribution is -2.41. The monoisotopic (exact) mass is 360 g/mol. The third-order valence-electron chi connectivity index (χ3n) is 4.13. The lowest BCUT2D eigenvalue weighted by Gasteiger charge is -2.32. The third kappa shape index (κ3) is 5.58. The van der Waals surface area contributed by atoms with Gasteiger partial charge >= 0.3 is 0 Å². The van der Waals surface area contributed by atoms with E-state index in [1.165, 1.54) is 6.26 Å². The number of sulfone groups is 1. The minimum Gasteiger partial charge on any atom is -0.367 e. The van der Waals surface area contributed by atoms with Crippen molar-refractivity contribution >= 4 is 27.3 Å². The third-order valence-corrected chi connectivity index (χ3v) is 5.37. The van der Waals surface area contributed by atoms with Crippen LogP contribution in [0.5, 0.6) is 0 Å². The molecule has 1 aromatic heterocycles. The van der Waals surface area contributed by atoms with Gasteiger partial charge in [0.2, 0.25) is 0 Å². The highest BCUT2D eigenvalue weighted by atomic mass is 35.5. The molecule has 6 nitrogen and oxygen atoms in total. The molecule has 2 rings (SSSR count). The molecule has 1 aliphatic heterocycles. The lowest BCUT2D eigenvalue weighted by atomic mass is 10.0. The Morgan fingerprint density at radius 3 is 2.52 bits per heavy atom. The van der Waals surface area contributed by atoms with Crippen molar-refractivity contribution in [3.05, 3.63) is 16.5 Å². The average Bonchev–Trinajstić information content (AvgIpc) is 2.45. The minimum atomic E-state index is -2.89. The summed E-state index contributed by atoms with van der Waals surface area (Å²) in [7, 11) is -2.89. The van der Waals surface area contributed by atoms with Crippen molar-refractivity contribution in [1.29, 1.82) is 0 Å². The highest BCUT2D eigenvalue weighted by molar-refractivity contribution is 7.90. The highest BCUT2D eigenvalue weighted by Gasteiger charge is 2.21. The number of rotatable bonds is 6. The van der Waals surface area contributed by atoms with Crippen LogP contribution in [0.4, 0.5) is 5.82 Å². The first-order chi connectivity index (χ1) is 10.8. The summed E-state index contributed by atoms with van der Waals surface area (Å²) >= 11 is 6.20. The topological polar surface area (TPSA) is 75.2 Å². The molecule has 0 radical (unpaired) electrons. The van der Waals surface area contributed by atoms with Gasteiger partial charge in [-0.15, -0.1) is 0 Å². The Bertz CT molecular complexity index is 643. The molecule has 0 saturated carbocycles. The minimum absolute atomic E-state index is 0.228. The second kappa shape index (κ2) is 7.77. The van der Waals surface area contributed by atoms with Crippen LogP contribution < -0.4 is 5.32 Å². The van der Waals surface area contributed by atoms with E-state index in [4.69, 9.17) is 11.6 Å². The number of nitrogens with zero attached hydrogens (tertiary/aromatic N) is 3. The summed E-state index contributed by atoms with van der Waals surface area (Å²) in [4.78, 5) is 10.9.